The van der Waals surface area contributed by atoms with E-state index in [-0.39, 0.29) is 6.03 Å². The van der Waals surface area contributed by atoms with Gasteiger partial charge in [-0.25, -0.2) is 9.78 Å². The monoisotopic (exact) mass is 368 g/mol. The van der Waals surface area contributed by atoms with Gasteiger partial charge in [0, 0.05) is 56.1 Å². The van der Waals surface area contributed by atoms with Gasteiger partial charge in [-0.05, 0) is 30.7 Å². The number of halogens is 1. The minimum atomic E-state index is -0.490. The number of hydrogen-bond acceptors (Lipinski definition) is 4. The number of carbonyl (C=O) groups is 1. The molecule has 0 saturated carbocycles. The first-order valence-corrected chi connectivity index (χ1v) is 8.97. The third-order valence-electron chi connectivity index (χ3n) is 4.85. The highest BCUT2D eigenvalue weighted by atomic mass is 19.1. The largest absolute Gasteiger partial charge is 0.461 e. The molecular weight excluding hydrogens is 347 g/mol. The van der Waals surface area contributed by atoms with E-state index >= 15 is 0 Å². The topological polar surface area (TPSA) is 61.6 Å². The van der Waals surface area contributed by atoms with Gasteiger partial charge in [-0.2, -0.15) is 4.39 Å². The maximum absolute atomic E-state index is 13.3. The normalized spacial score (nSPS) is 14.6. The Morgan fingerprint density at radius 3 is 2.81 bits per heavy atom. The Labute approximate surface area is 156 Å². The Kier molecular flexibility index (Phi) is 4.66. The van der Waals surface area contributed by atoms with Gasteiger partial charge in [0.05, 0.1) is 0 Å². The van der Waals surface area contributed by atoms with E-state index in [1.807, 2.05) is 31.2 Å². The zero-order valence-corrected chi connectivity index (χ0v) is 15.1. The van der Waals surface area contributed by atoms with Crippen molar-refractivity contribution < 1.29 is 13.6 Å². The van der Waals surface area contributed by atoms with Crippen LogP contribution in [-0.4, -0.2) is 42.1 Å². The molecule has 0 atom stereocenters. The summed E-state index contributed by atoms with van der Waals surface area (Å²) in [5.41, 5.74) is 2.66. The molecule has 6 nitrogen and oxygen atoms in total. The Bertz CT molecular complexity index is 964. The van der Waals surface area contributed by atoms with E-state index in [1.165, 1.54) is 12.3 Å². The number of nitrogens with zero attached hydrogens (tertiary/aromatic N) is 3. The van der Waals surface area contributed by atoms with E-state index in [1.54, 1.807) is 11.0 Å². The van der Waals surface area contributed by atoms with Crippen molar-refractivity contribution in [3.05, 3.63) is 59.9 Å². The van der Waals surface area contributed by atoms with Crippen molar-refractivity contribution in [1.29, 1.82) is 0 Å². The molecule has 1 N–H and O–H groups in total. The molecule has 0 spiro atoms. The summed E-state index contributed by atoms with van der Waals surface area (Å²) in [5.74, 6) is 0.365. The molecule has 3 aromatic rings. The highest BCUT2D eigenvalue weighted by molar-refractivity contribution is 5.82. The summed E-state index contributed by atoms with van der Waals surface area (Å²) >= 11 is 0. The Hall–Kier alpha value is -3.09. The van der Waals surface area contributed by atoms with Crippen LogP contribution >= 0.6 is 0 Å². The first kappa shape index (κ1) is 17.3. The third kappa shape index (κ3) is 3.72. The van der Waals surface area contributed by atoms with E-state index in [0.717, 1.165) is 28.0 Å². The van der Waals surface area contributed by atoms with E-state index in [2.05, 4.69) is 15.2 Å². The standard InChI is InChI=1S/C20H21FN4O2/c1-14-11-17-15(3-2-4-18(17)27-14)13-23-20(26)25-9-7-24(8-10-25)16-5-6-22-19(21)12-16/h2-6,11-12H,7-10,13H2,1H3,(H,23,26). The fraction of sp³-hybridized carbons (Fsp3) is 0.300. The zero-order valence-electron chi connectivity index (χ0n) is 15.1. The van der Waals surface area contributed by atoms with Crippen molar-refractivity contribution in [2.45, 2.75) is 13.5 Å². The number of fused-ring (bicyclic) bond motifs is 1. The zero-order chi connectivity index (χ0) is 18.8. The van der Waals surface area contributed by atoms with Gasteiger partial charge in [-0.15, -0.1) is 0 Å². The number of nitrogens with one attached hydrogen (secondary N) is 1. The van der Waals surface area contributed by atoms with Crippen LogP contribution < -0.4 is 10.2 Å². The molecule has 0 unspecified atom stereocenters. The molecule has 140 valence electrons. The summed E-state index contributed by atoms with van der Waals surface area (Å²) in [5, 5.41) is 4.02. The van der Waals surface area contributed by atoms with Crippen LogP contribution in [0.25, 0.3) is 11.0 Å². The molecule has 2 aromatic heterocycles. The molecule has 1 saturated heterocycles. The minimum absolute atomic E-state index is 0.0900. The SMILES string of the molecule is Cc1cc2c(CNC(=O)N3CCN(c4ccnc(F)c4)CC3)cccc2o1. The second-order valence-electron chi connectivity index (χ2n) is 6.66. The molecule has 1 aliphatic heterocycles. The summed E-state index contributed by atoms with van der Waals surface area (Å²) in [6.45, 7) is 4.86. The molecule has 27 heavy (non-hydrogen) atoms. The van der Waals surface area contributed by atoms with Crippen molar-refractivity contribution in [2.75, 3.05) is 31.1 Å². The van der Waals surface area contributed by atoms with Gasteiger partial charge in [0.15, 0.2) is 0 Å². The third-order valence-corrected chi connectivity index (χ3v) is 4.85. The number of aromatic nitrogens is 1. The van der Waals surface area contributed by atoms with Gasteiger partial charge in [-0.3, -0.25) is 0 Å². The lowest BCUT2D eigenvalue weighted by Crippen LogP contribution is -2.51. The molecule has 1 aliphatic rings. The first-order chi connectivity index (χ1) is 13.1. The van der Waals surface area contributed by atoms with Crippen molar-refractivity contribution in [2.24, 2.45) is 0 Å². The molecule has 7 heteroatoms. The Morgan fingerprint density at radius 1 is 1.22 bits per heavy atom. The number of urea groups is 1. The summed E-state index contributed by atoms with van der Waals surface area (Å²) < 4.78 is 18.9. The average molecular weight is 368 g/mol. The smallest absolute Gasteiger partial charge is 0.317 e. The van der Waals surface area contributed by atoms with Gasteiger partial charge in [0.25, 0.3) is 0 Å². The second-order valence-corrected chi connectivity index (χ2v) is 6.66. The number of benzene rings is 1. The van der Waals surface area contributed by atoms with Crippen LogP contribution in [0.4, 0.5) is 14.9 Å². The number of pyridine rings is 1. The van der Waals surface area contributed by atoms with Crippen molar-refractivity contribution in [1.82, 2.24) is 15.2 Å². The maximum Gasteiger partial charge on any atom is 0.317 e. The second kappa shape index (κ2) is 7.26. The number of anilines is 1. The molecule has 3 heterocycles. The maximum atomic E-state index is 13.3. The molecule has 1 fully saturated rings. The summed E-state index contributed by atoms with van der Waals surface area (Å²) in [6.07, 6.45) is 1.46. The van der Waals surface area contributed by atoms with Gasteiger partial charge in [0.1, 0.15) is 11.3 Å². The van der Waals surface area contributed by atoms with Crippen LogP contribution in [0.2, 0.25) is 0 Å². The summed E-state index contributed by atoms with van der Waals surface area (Å²) in [6, 6.07) is 11.0. The predicted octanol–water partition coefficient (Wildman–Crippen LogP) is 3.31. The quantitative estimate of drug-likeness (QED) is 0.721. The molecule has 2 amide bonds. The van der Waals surface area contributed by atoms with Crippen molar-refractivity contribution >= 4 is 22.7 Å². The Balaban J connectivity index is 1.34. The number of hydrogen-bond donors (Lipinski definition) is 1. The first-order valence-electron chi connectivity index (χ1n) is 8.97. The number of aryl methyl sites for hydroxylation is 1. The lowest BCUT2D eigenvalue weighted by molar-refractivity contribution is 0.194. The molecule has 4 rings (SSSR count). The van der Waals surface area contributed by atoms with Crippen molar-refractivity contribution in [3.8, 4) is 0 Å². The van der Waals surface area contributed by atoms with Crippen LogP contribution in [0, 0.1) is 12.9 Å². The fourth-order valence-corrected chi connectivity index (χ4v) is 3.44. The predicted molar refractivity (Wildman–Crippen MR) is 101 cm³/mol. The lowest BCUT2D eigenvalue weighted by atomic mass is 10.1. The van der Waals surface area contributed by atoms with Gasteiger partial charge < -0.3 is 19.5 Å². The van der Waals surface area contributed by atoms with Crippen molar-refractivity contribution in [3.63, 3.8) is 0 Å². The van der Waals surface area contributed by atoms with Gasteiger partial charge >= 0.3 is 6.03 Å². The highest BCUT2D eigenvalue weighted by Crippen LogP contribution is 2.22. The summed E-state index contributed by atoms with van der Waals surface area (Å²) in [7, 11) is 0. The summed E-state index contributed by atoms with van der Waals surface area (Å²) in [4.78, 5) is 19.9. The molecule has 0 radical (unpaired) electrons. The van der Waals surface area contributed by atoms with E-state index < -0.39 is 5.95 Å². The Morgan fingerprint density at radius 2 is 2.04 bits per heavy atom. The number of amides is 2. The van der Waals surface area contributed by atoms with Crippen LogP contribution in [-0.2, 0) is 6.54 Å². The van der Waals surface area contributed by atoms with E-state index in [4.69, 9.17) is 4.42 Å². The molecule has 1 aromatic carbocycles. The minimum Gasteiger partial charge on any atom is -0.461 e. The molecule has 0 aliphatic carbocycles. The fourth-order valence-electron chi connectivity index (χ4n) is 3.44. The van der Waals surface area contributed by atoms with Gasteiger partial charge in [-0.1, -0.05) is 12.1 Å². The number of rotatable bonds is 3. The highest BCUT2D eigenvalue weighted by Gasteiger charge is 2.21. The van der Waals surface area contributed by atoms with Crippen LogP contribution in [0.3, 0.4) is 0 Å². The van der Waals surface area contributed by atoms with E-state index in [9.17, 15) is 9.18 Å². The number of piperazine rings is 1. The van der Waals surface area contributed by atoms with Gasteiger partial charge in [0.2, 0.25) is 5.95 Å². The van der Waals surface area contributed by atoms with Crippen LogP contribution in [0.5, 0.6) is 0 Å². The molecule has 0 bridgehead atoms. The average Bonchev–Trinajstić information content (AvgIpc) is 3.07. The number of furan rings is 1. The van der Waals surface area contributed by atoms with E-state index in [0.29, 0.717) is 32.7 Å². The van der Waals surface area contributed by atoms with Crippen LogP contribution in [0.1, 0.15) is 11.3 Å². The lowest BCUT2D eigenvalue weighted by Gasteiger charge is -2.36. The van der Waals surface area contributed by atoms with Crippen LogP contribution in [0.15, 0.2) is 47.0 Å². The molecular formula is C20H21FN4O2. The number of carbonyl (C=O) groups excluding carboxylic acids is 1.